The highest BCUT2D eigenvalue weighted by Gasteiger charge is 2.24. The fourth-order valence-corrected chi connectivity index (χ4v) is 4.23. The predicted molar refractivity (Wildman–Crippen MR) is 110 cm³/mol. The van der Waals surface area contributed by atoms with Crippen molar-refractivity contribution < 1.29 is 0 Å². The number of benzene rings is 1. The lowest BCUT2D eigenvalue weighted by atomic mass is 10.0. The molecule has 4 aromatic rings. The van der Waals surface area contributed by atoms with E-state index in [1.807, 2.05) is 19.3 Å². The summed E-state index contributed by atoms with van der Waals surface area (Å²) in [6.07, 6.45) is 7.70. The van der Waals surface area contributed by atoms with Gasteiger partial charge in [-0.25, -0.2) is 15.0 Å². The van der Waals surface area contributed by atoms with E-state index < -0.39 is 0 Å². The number of nitrogens with one attached hydrogen (secondary N) is 2. The summed E-state index contributed by atoms with van der Waals surface area (Å²) < 4.78 is 0. The van der Waals surface area contributed by atoms with Crippen LogP contribution in [0.1, 0.15) is 23.4 Å². The van der Waals surface area contributed by atoms with Gasteiger partial charge >= 0.3 is 0 Å². The SMILES string of the molecule is Cc1cnc(-c2cc(C[C@@H]3CCN(Cc4cccc5[nH]ccc45)C3)ncn2)[nH]1. The van der Waals surface area contributed by atoms with E-state index >= 15 is 0 Å². The first-order chi connectivity index (χ1) is 13.7. The lowest BCUT2D eigenvalue weighted by molar-refractivity contribution is 0.317. The largest absolute Gasteiger partial charge is 0.361 e. The zero-order valence-electron chi connectivity index (χ0n) is 16.0. The van der Waals surface area contributed by atoms with Gasteiger partial charge in [-0.3, -0.25) is 4.90 Å². The molecule has 1 atom stereocenters. The highest BCUT2D eigenvalue weighted by Crippen LogP contribution is 2.25. The Morgan fingerprint density at radius 1 is 1.18 bits per heavy atom. The van der Waals surface area contributed by atoms with Gasteiger partial charge in [0.1, 0.15) is 12.0 Å². The number of hydrogen-bond acceptors (Lipinski definition) is 4. The number of likely N-dealkylation sites (tertiary alicyclic amines) is 1. The lowest BCUT2D eigenvalue weighted by Crippen LogP contribution is -2.20. The number of imidazole rings is 1. The van der Waals surface area contributed by atoms with Crippen molar-refractivity contribution >= 4 is 10.9 Å². The van der Waals surface area contributed by atoms with Crippen molar-refractivity contribution in [2.75, 3.05) is 13.1 Å². The number of aromatic nitrogens is 5. The average molecular weight is 372 g/mol. The van der Waals surface area contributed by atoms with Gasteiger partial charge in [-0.1, -0.05) is 12.1 Å². The van der Waals surface area contributed by atoms with Crippen molar-refractivity contribution in [3.8, 4) is 11.5 Å². The van der Waals surface area contributed by atoms with Crippen molar-refractivity contribution in [2.45, 2.75) is 26.3 Å². The van der Waals surface area contributed by atoms with E-state index in [2.05, 4.69) is 60.2 Å². The molecule has 0 saturated carbocycles. The summed E-state index contributed by atoms with van der Waals surface area (Å²) in [5.41, 5.74) is 5.62. The molecule has 0 unspecified atom stereocenters. The third-order valence-corrected chi connectivity index (χ3v) is 5.62. The van der Waals surface area contributed by atoms with Gasteiger partial charge in [0, 0.05) is 47.8 Å². The standard InChI is InChI=1S/C22H24N6/c1-15-11-24-22(27-15)21-10-18(25-14-26-21)9-16-6-8-28(12-16)13-17-3-2-4-20-19(17)5-7-23-20/h2-5,7,10-11,14,16,23H,6,8-9,12-13H2,1H3,(H,24,27)/t16-/m0/s1. The molecule has 6 heteroatoms. The Morgan fingerprint density at radius 2 is 2.14 bits per heavy atom. The smallest absolute Gasteiger partial charge is 0.156 e. The van der Waals surface area contributed by atoms with E-state index in [0.717, 1.165) is 49.0 Å². The Bertz CT molecular complexity index is 1100. The molecule has 1 aliphatic heterocycles. The second-order valence-electron chi connectivity index (χ2n) is 7.76. The van der Waals surface area contributed by atoms with Gasteiger partial charge in [0.05, 0.1) is 0 Å². The monoisotopic (exact) mass is 372 g/mol. The molecule has 0 spiro atoms. The van der Waals surface area contributed by atoms with Crippen LogP contribution in [-0.4, -0.2) is 42.9 Å². The molecule has 2 N–H and O–H groups in total. The molecule has 0 radical (unpaired) electrons. The maximum Gasteiger partial charge on any atom is 0.156 e. The second-order valence-corrected chi connectivity index (χ2v) is 7.76. The molecule has 4 heterocycles. The van der Waals surface area contributed by atoms with Crippen LogP contribution in [0.25, 0.3) is 22.4 Å². The summed E-state index contributed by atoms with van der Waals surface area (Å²) in [6.45, 7) is 5.26. The van der Waals surface area contributed by atoms with Gasteiger partial charge in [-0.05, 0) is 56.0 Å². The second kappa shape index (κ2) is 7.20. The third-order valence-electron chi connectivity index (χ3n) is 5.62. The van der Waals surface area contributed by atoms with Crippen LogP contribution < -0.4 is 0 Å². The quantitative estimate of drug-likeness (QED) is 0.560. The van der Waals surface area contributed by atoms with Gasteiger partial charge in [-0.15, -0.1) is 0 Å². The van der Waals surface area contributed by atoms with Gasteiger partial charge in [0.25, 0.3) is 0 Å². The summed E-state index contributed by atoms with van der Waals surface area (Å²) in [7, 11) is 0. The van der Waals surface area contributed by atoms with E-state index in [1.165, 1.54) is 22.9 Å². The minimum absolute atomic E-state index is 0.631. The van der Waals surface area contributed by atoms with E-state index in [-0.39, 0.29) is 0 Å². The molecule has 0 bridgehead atoms. The van der Waals surface area contributed by atoms with Crippen molar-refractivity contribution in [2.24, 2.45) is 5.92 Å². The highest BCUT2D eigenvalue weighted by atomic mass is 15.1. The zero-order chi connectivity index (χ0) is 18.9. The third kappa shape index (κ3) is 3.43. The molecule has 1 saturated heterocycles. The molecule has 1 fully saturated rings. The Hall–Kier alpha value is -2.99. The predicted octanol–water partition coefficient (Wildman–Crippen LogP) is 3.72. The molecule has 28 heavy (non-hydrogen) atoms. The Morgan fingerprint density at radius 3 is 3.04 bits per heavy atom. The maximum atomic E-state index is 4.50. The molecule has 1 aliphatic rings. The van der Waals surface area contributed by atoms with Crippen molar-refractivity contribution in [1.82, 2.24) is 29.8 Å². The molecule has 1 aromatic carbocycles. The van der Waals surface area contributed by atoms with Crippen molar-refractivity contribution in [1.29, 1.82) is 0 Å². The van der Waals surface area contributed by atoms with Crippen molar-refractivity contribution in [3.63, 3.8) is 0 Å². The van der Waals surface area contributed by atoms with Crippen LogP contribution in [0.15, 0.2) is 49.1 Å². The molecule has 3 aromatic heterocycles. The minimum atomic E-state index is 0.631. The van der Waals surface area contributed by atoms with E-state index in [1.54, 1.807) is 6.33 Å². The number of nitrogens with zero attached hydrogens (tertiary/aromatic N) is 4. The van der Waals surface area contributed by atoms with E-state index in [0.29, 0.717) is 5.92 Å². The minimum Gasteiger partial charge on any atom is -0.361 e. The molecular formula is C22H24N6. The molecule has 6 nitrogen and oxygen atoms in total. The number of aryl methyl sites for hydroxylation is 1. The summed E-state index contributed by atoms with van der Waals surface area (Å²) in [5, 5.41) is 1.33. The Kier molecular flexibility index (Phi) is 4.41. The van der Waals surface area contributed by atoms with Crippen LogP contribution >= 0.6 is 0 Å². The Balaban J connectivity index is 1.25. The number of rotatable bonds is 5. The Labute approximate surface area is 164 Å². The van der Waals surface area contributed by atoms with Crippen LogP contribution in [0.2, 0.25) is 0 Å². The average Bonchev–Trinajstić information content (AvgIpc) is 3.44. The first-order valence-electron chi connectivity index (χ1n) is 9.85. The van der Waals surface area contributed by atoms with Crippen LogP contribution in [0.5, 0.6) is 0 Å². The maximum absolute atomic E-state index is 4.50. The normalized spacial score (nSPS) is 17.5. The van der Waals surface area contributed by atoms with Crippen molar-refractivity contribution in [3.05, 3.63) is 66.0 Å². The summed E-state index contributed by atoms with van der Waals surface area (Å²) in [4.78, 5) is 22.4. The van der Waals surface area contributed by atoms with Crippen LogP contribution in [-0.2, 0) is 13.0 Å². The fourth-order valence-electron chi connectivity index (χ4n) is 4.23. The summed E-state index contributed by atoms with van der Waals surface area (Å²) in [5.74, 6) is 1.44. The van der Waals surface area contributed by atoms with E-state index in [4.69, 9.17) is 0 Å². The number of hydrogen-bond donors (Lipinski definition) is 2. The topological polar surface area (TPSA) is 73.5 Å². The van der Waals surface area contributed by atoms with Gasteiger partial charge in [0.15, 0.2) is 5.82 Å². The van der Waals surface area contributed by atoms with Crippen LogP contribution in [0, 0.1) is 12.8 Å². The first-order valence-corrected chi connectivity index (χ1v) is 9.85. The molecule has 0 amide bonds. The van der Waals surface area contributed by atoms with Crippen LogP contribution in [0.4, 0.5) is 0 Å². The molecular weight excluding hydrogens is 348 g/mol. The number of aromatic amines is 2. The van der Waals surface area contributed by atoms with E-state index in [9.17, 15) is 0 Å². The first kappa shape index (κ1) is 17.1. The van der Waals surface area contributed by atoms with Gasteiger partial charge < -0.3 is 9.97 Å². The molecule has 5 rings (SSSR count). The van der Waals surface area contributed by atoms with Gasteiger partial charge in [0.2, 0.25) is 0 Å². The molecule has 0 aliphatic carbocycles. The van der Waals surface area contributed by atoms with Gasteiger partial charge in [-0.2, -0.15) is 0 Å². The number of H-pyrrole nitrogens is 2. The molecule has 142 valence electrons. The summed E-state index contributed by atoms with van der Waals surface area (Å²) in [6, 6.07) is 10.8. The zero-order valence-corrected chi connectivity index (χ0v) is 16.0. The summed E-state index contributed by atoms with van der Waals surface area (Å²) >= 11 is 0. The fraction of sp³-hybridized carbons (Fsp3) is 0.318. The van der Waals surface area contributed by atoms with Crippen LogP contribution in [0.3, 0.4) is 0 Å². The number of fused-ring (bicyclic) bond motifs is 1. The highest BCUT2D eigenvalue weighted by molar-refractivity contribution is 5.82. The lowest BCUT2D eigenvalue weighted by Gasteiger charge is -2.17.